The zero-order chi connectivity index (χ0) is 19.8. The molecule has 142 valence electrons. The number of benzene rings is 1. The second kappa shape index (κ2) is 6.84. The van der Waals surface area contributed by atoms with Gasteiger partial charge in [0.1, 0.15) is 11.5 Å². The first-order valence-electron chi connectivity index (χ1n) is 8.76. The highest BCUT2D eigenvalue weighted by molar-refractivity contribution is 6.12. The summed E-state index contributed by atoms with van der Waals surface area (Å²) in [4.78, 5) is 16.7. The molecule has 4 rings (SSSR count). The number of nitrogens with zero attached hydrogens (tertiary/aromatic N) is 3. The molecule has 0 fully saturated rings. The lowest BCUT2D eigenvalue weighted by Crippen LogP contribution is -2.05. The Kier molecular flexibility index (Phi) is 4.35. The van der Waals surface area contributed by atoms with Crippen molar-refractivity contribution < 1.29 is 18.8 Å². The average Bonchev–Trinajstić information content (AvgIpc) is 3.34. The molecule has 1 aliphatic heterocycles. The predicted octanol–water partition coefficient (Wildman–Crippen LogP) is 3.74. The van der Waals surface area contributed by atoms with Gasteiger partial charge in [-0.2, -0.15) is 0 Å². The summed E-state index contributed by atoms with van der Waals surface area (Å²) in [5.74, 6) is 1.96. The molecule has 0 amide bonds. The molecule has 0 atom stereocenters. The van der Waals surface area contributed by atoms with Crippen LogP contribution in [0.25, 0.3) is 11.9 Å². The molecule has 0 aliphatic carbocycles. The molecule has 0 bridgehead atoms. The minimum absolute atomic E-state index is 0.252. The molecule has 7 nitrogen and oxygen atoms in total. The van der Waals surface area contributed by atoms with Crippen LogP contribution in [-0.2, 0) is 9.53 Å². The first kappa shape index (κ1) is 17.8. The summed E-state index contributed by atoms with van der Waals surface area (Å²) in [6, 6.07) is 11.0. The molecular weight excluding hydrogens is 358 g/mol. The fraction of sp³-hybridized carbons (Fsp3) is 0.190. The van der Waals surface area contributed by atoms with Gasteiger partial charge < -0.3 is 14.0 Å². The summed E-state index contributed by atoms with van der Waals surface area (Å²) < 4.78 is 17.6. The third-order valence-corrected chi connectivity index (χ3v) is 4.56. The number of aromatic nitrogens is 2. The molecule has 7 heteroatoms. The third-order valence-electron chi connectivity index (χ3n) is 4.56. The van der Waals surface area contributed by atoms with Gasteiger partial charge in [-0.25, -0.2) is 9.79 Å². The maximum absolute atomic E-state index is 12.3. The van der Waals surface area contributed by atoms with E-state index in [0.717, 1.165) is 28.5 Å². The maximum atomic E-state index is 12.3. The number of aryl methyl sites for hydroxylation is 2. The minimum Gasteiger partial charge on any atom is -0.497 e. The highest BCUT2D eigenvalue weighted by atomic mass is 16.6. The fourth-order valence-corrected chi connectivity index (χ4v) is 3.16. The Balaban J connectivity index is 1.69. The number of hydrogen-bond donors (Lipinski definition) is 0. The van der Waals surface area contributed by atoms with Gasteiger partial charge in [0.25, 0.3) is 0 Å². The molecule has 3 aromatic rings. The van der Waals surface area contributed by atoms with Crippen LogP contribution in [-0.4, -0.2) is 28.7 Å². The standard InChI is InChI=1S/C21H19N3O4/c1-12-9-16(14(3)24(12)19-10-13(2)28-23-19)11-18-21(25)27-20(22-18)15-5-7-17(26-4)8-6-15/h5-11H,1-4H3/b18-11+. The smallest absolute Gasteiger partial charge is 0.363 e. The van der Waals surface area contributed by atoms with Crippen LogP contribution >= 0.6 is 0 Å². The van der Waals surface area contributed by atoms with E-state index in [0.29, 0.717) is 11.4 Å². The lowest BCUT2D eigenvalue weighted by Gasteiger charge is -2.03. The van der Waals surface area contributed by atoms with Gasteiger partial charge in [0.15, 0.2) is 11.5 Å². The monoisotopic (exact) mass is 377 g/mol. The van der Waals surface area contributed by atoms with E-state index in [9.17, 15) is 4.79 Å². The Hall–Kier alpha value is -3.61. The van der Waals surface area contributed by atoms with Crippen LogP contribution in [0, 0.1) is 20.8 Å². The highest BCUT2D eigenvalue weighted by Crippen LogP contribution is 2.25. The van der Waals surface area contributed by atoms with Gasteiger partial charge in [-0.1, -0.05) is 5.16 Å². The van der Waals surface area contributed by atoms with Crippen LogP contribution in [0.1, 0.15) is 28.3 Å². The topological polar surface area (TPSA) is 78.9 Å². The van der Waals surface area contributed by atoms with Crippen LogP contribution in [0.4, 0.5) is 0 Å². The zero-order valence-corrected chi connectivity index (χ0v) is 16.0. The molecular formula is C21H19N3O4. The van der Waals surface area contributed by atoms with E-state index >= 15 is 0 Å². The van der Waals surface area contributed by atoms with Crippen LogP contribution < -0.4 is 4.74 Å². The summed E-state index contributed by atoms with van der Waals surface area (Å²) in [6.45, 7) is 5.77. The van der Waals surface area contributed by atoms with Gasteiger partial charge in [-0.3, -0.25) is 4.57 Å². The summed E-state index contributed by atoms with van der Waals surface area (Å²) in [5.41, 5.74) is 3.73. The lowest BCUT2D eigenvalue weighted by molar-refractivity contribution is -0.129. The normalized spacial score (nSPS) is 15.1. The molecule has 1 aromatic carbocycles. The molecule has 0 N–H and O–H groups in total. The van der Waals surface area contributed by atoms with E-state index in [4.69, 9.17) is 14.0 Å². The number of aliphatic imine (C=N–C) groups is 1. The third kappa shape index (κ3) is 3.11. The molecule has 0 spiro atoms. The van der Waals surface area contributed by atoms with Crippen LogP contribution in [0.2, 0.25) is 0 Å². The van der Waals surface area contributed by atoms with Crippen LogP contribution in [0.5, 0.6) is 5.75 Å². The van der Waals surface area contributed by atoms with Crippen molar-refractivity contribution in [1.29, 1.82) is 0 Å². The number of carbonyl (C=O) groups excluding carboxylic acids is 1. The van der Waals surface area contributed by atoms with Gasteiger partial charge >= 0.3 is 5.97 Å². The number of esters is 1. The summed E-state index contributed by atoms with van der Waals surface area (Å²) >= 11 is 0. The van der Waals surface area contributed by atoms with Crippen molar-refractivity contribution in [3.05, 3.63) is 70.4 Å². The Morgan fingerprint density at radius 1 is 1.11 bits per heavy atom. The van der Waals surface area contributed by atoms with E-state index in [2.05, 4.69) is 10.1 Å². The van der Waals surface area contributed by atoms with Crippen molar-refractivity contribution in [3.63, 3.8) is 0 Å². The summed E-state index contributed by atoms with van der Waals surface area (Å²) in [7, 11) is 1.60. The second-order valence-electron chi connectivity index (χ2n) is 6.52. The molecule has 3 heterocycles. The first-order chi connectivity index (χ1) is 13.5. The average molecular weight is 377 g/mol. The van der Waals surface area contributed by atoms with Gasteiger partial charge in [0.2, 0.25) is 5.90 Å². The number of methoxy groups -OCH3 is 1. The molecule has 0 saturated carbocycles. The highest BCUT2D eigenvalue weighted by Gasteiger charge is 2.25. The van der Waals surface area contributed by atoms with Gasteiger partial charge in [0.05, 0.1) is 7.11 Å². The number of carbonyl (C=O) groups is 1. The largest absolute Gasteiger partial charge is 0.497 e. The molecule has 28 heavy (non-hydrogen) atoms. The van der Waals surface area contributed by atoms with E-state index in [1.54, 1.807) is 37.5 Å². The molecule has 1 aliphatic rings. The van der Waals surface area contributed by atoms with E-state index in [-0.39, 0.29) is 11.6 Å². The van der Waals surface area contributed by atoms with Gasteiger partial charge in [-0.05, 0) is 62.7 Å². The van der Waals surface area contributed by atoms with Crippen LogP contribution in [0.3, 0.4) is 0 Å². The van der Waals surface area contributed by atoms with Crippen molar-refractivity contribution in [2.75, 3.05) is 7.11 Å². The summed E-state index contributed by atoms with van der Waals surface area (Å²) in [5, 5.41) is 4.07. The van der Waals surface area contributed by atoms with Crippen molar-refractivity contribution >= 4 is 17.9 Å². The van der Waals surface area contributed by atoms with Crippen LogP contribution in [0.15, 0.2) is 51.6 Å². The number of rotatable bonds is 4. The van der Waals surface area contributed by atoms with Crippen molar-refractivity contribution in [3.8, 4) is 11.6 Å². The Morgan fingerprint density at radius 3 is 2.50 bits per heavy atom. The minimum atomic E-state index is -0.479. The molecule has 0 radical (unpaired) electrons. The Bertz CT molecular complexity index is 1120. The van der Waals surface area contributed by atoms with Crippen molar-refractivity contribution in [2.45, 2.75) is 20.8 Å². The molecule has 0 saturated heterocycles. The quantitative estimate of drug-likeness (QED) is 0.511. The first-order valence-corrected chi connectivity index (χ1v) is 8.76. The fourth-order valence-electron chi connectivity index (χ4n) is 3.16. The zero-order valence-electron chi connectivity index (χ0n) is 16.0. The van der Waals surface area contributed by atoms with E-state index < -0.39 is 5.97 Å². The van der Waals surface area contributed by atoms with Crippen molar-refractivity contribution in [2.24, 2.45) is 4.99 Å². The second-order valence-corrected chi connectivity index (χ2v) is 6.52. The maximum Gasteiger partial charge on any atom is 0.363 e. The number of cyclic esters (lactones) is 1. The molecule has 2 aromatic heterocycles. The molecule has 0 unspecified atom stereocenters. The predicted molar refractivity (Wildman–Crippen MR) is 104 cm³/mol. The van der Waals surface area contributed by atoms with Crippen molar-refractivity contribution in [1.82, 2.24) is 9.72 Å². The summed E-state index contributed by atoms with van der Waals surface area (Å²) in [6.07, 6.45) is 1.73. The SMILES string of the molecule is COc1ccc(C2=N/C(=C/c3cc(C)n(-c4cc(C)on4)c3C)C(=O)O2)cc1. The van der Waals surface area contributed by atoms with Gasteiger partial charge in [0, 0.05) is 23.0 Å². The lowest BCUT2D eigenvalue weighted by atomic mass is 10.2. The number of ether oxygens (including phenoxy) is 2. The Labute approximate surface area is 161 Å². The van der Waals surface area contributed by atoms with E-state index in [1.165, 1.54) is 0 Å². The van der Waals surface area contributed by atoms with Gasteiger partial charge in [-0.15, -0.1) is 0 Å². The van der Waals surface area contributed by atoms with E-state index in [1.807, 2.05) is 37.5 Å². The number of hydrogen-bond acceptors (Lipinski definition) is 6. The Morgan fingerprint density at radius 2 is 1.86 bits per heavy atom.